The highest BCUT2D eigenvalue weighted by Gasteiger charge is 2.12. The van der Waals surface area contributed by atoms with Gasteiger partial charge in [-0.3, -0.25) is 4.79 Å². The lowest BCUT2D eigenvalue weighted by Crippen LogP contribution is -1.99. The number of carboxylic acids is 1. The first-order valence-electron chi connectivity index (χ1n) is 11.6. The van der Waals surface area contributed by atoms with Gasteiger partial charge in [-0.2, -0.15) is 11.8 Å². The van der Waals surface area contributed by atoms with E-state index in [9.17, 15) is 4.79 Å². The quantitative estimate of drug-likeness (QED) is 0.250. The Morgan fingerprint density at radius 3 is 2.14 bits per heavy atom. The molecule has 28 heavy (non-hydrogen) atoms. The van der Waals surface area contributed by atoms with E-state index in [2.05, 4.69) is 38.1 Å². The van der Waals surface area contributed by atoms with Crippen LogP contribution in [0.4, 0.5) is 0 Å². The van der Waals surface area contributed by atoms with Gasteiger partial charge in [0.1, 0.15) is 0 Å². The first kappa shape index (κ1) is 25.1. The molecule has 1 rings (SSSR count). The van der Waals surface area contributed by atoms with Crippen LogP contribution in [0.1, 0.15) is 114 Å². The lowest BCUT2D eigenvalue weighted by molar-refractivity contribution is -0.137. The summed E-state index contributed by atoms with van der Waals surface area (Å²) in [6.45, 7) is 4.51. The van der Waals surface area contributed by atoms with Crippen LogP contribution in [0.2, 0.25) is 0 Å². The lowest BCUT2D eigenvalue weighted by Gasteiger charge is -2.17. The van der Waals surface area contributed by atoms with E-state index in [0.29, 0.717) is 11.7 Å². The summed E-state index contributed by atoms with van der Waals surface area (Å²) in [6.07, 6.45) is 16.4. The van der Waals surface area contributed by atoms with Crippen LogP contribution < -0.4 is 0 Å². The van der Waals surface area contributed by atoms with Gasteiger partial charge in [0.2, 0.25) is 0 Å². The summed E-state index contributed by atoms with van der Waals surface area (Å²) in [6, 6.07) is 9.27. The molecule has 1 aromatic rings. The minimum atomic E-state index is -0.676. The molecule has 1 aromatic carbocycles. The van der Waals surface area contributed by atoms with Crippen LogP contribution in [-0.2, 0) is 11.2 Å². The zero-order valence-corrected chi connectivity index (χ0v) is 19.1. The molecule has 0 heterocycles. The van der Waals surface area contributed by atoms with Crippen molar-refractivity contribution in [1.29, 1.82) is 0 Å². The highest BCUT2D eigenvalue weighted by Crippen LogP contribution is 2.34. The van der Waals surface area contributed by atoms with E-state index in [4.69, 9.17) is 5.11 Å². The van der Waals surface area contributed by atoms with Crippen molar-refractivity contribution in [1.82, 2.24) is 0 Å². The third-order valence-electron chi connectivity index (χ3n) is 5.34. The Labute approximate surface area is 177 Å². The van der Waals surface area contributed by atoms with E-state index < -0.39 is 5.97 Å². The van der Waals surface area contributed by atoms with Crippen LogP contribution >= 0.6 is 11.8 Å². The number of carboxylic acid groups (broad SMARTS) is 1. The average molecular weight is 407 g/mol. The van der Waals surface area contributed by atoms with Crippen LogP contribution in [0.3, 0.4) is 0 Å². The highest BCUT2D eigenvalue weighted by atomic mass is 32.2. The van der Waals surface area contributed by atoms with Gasteiger partial charge in [0.15, 0.2) is 0 Å². The number of aryl methyl sites for hydroxylation is 1. The predicted molar refractivity (Wildman–Crippen MR) is 124 cm³/mol. The van der Waals surface area contributed by atoms with Gasteiger partial charge in [0, 0.05) is 11.7 Å². The molecule has 1 N–H and O–H groups in total. The first-order valence-corrected chi connectivity index (χ1v) is 12.6. The van der Waals surface area contributed by atoms with Crippen LogP contribution in [0.5, 0.6) is 0 Å². The van der Waals surface area contributed by atoms with Crippen LogP contribution in [-0.4, -0.2) is 16.8 Å². The number of aliphatic carboxylic acids is 1. The molecule has 160 valence electrons. The van der Waals surface area contributed by atoms with Crippen molar-refractivity contribution in [2.24, 2.45) is 0 Å². The molecule has 0 spiro atoms. The maximum Gasteiger partial charge on any atom is 0.303 e. The standard InChI is InChI=1S/C25H42O2S/c1-3-5-7-8-9-10-11-14-22-17-19-23(20-18-22)24(28-21-6-4-2)15-12-13-16-25(26)27/h17-20,24H,3-16,21H2,1-2H3,(H,26,27). The maximum absolute atomic E-state index is 10.7. The van der Waals surface area contributed by atoms with Gasteiger partial charge in [-0.15, -0.1) is 0 Å². The Bertz CT molecular complexity index is 498. The SMILES string of the molecule is CCCCCCCCCc1ccc(C(CCCCC(=O)O)SCCCC)cc1. The van der Waals surface area contributed by atoms with Crippen LogP contribution in [0.15, 0.2) is 24.3 Å². The molecule has 3 heteroatoms. The molecule has 0 radical (unpaired) electrons. The molecule has 0 bridgehead atoms. The number of benzene rings is 1. The minimum Gasteiger partial charge on any atom is -0.481 e. The summed E-state index contributed by atoms with van der Waals surface area (Å²) in [4.78, 5) is 10.7. The summed E-state index contributed by atoms with van der Waals surface area (Å²) >= 11 is 2.05. The first-order chi connectivity index (χ1) is 13.7. The largest absolute Gasteiger partial charge is 0.481 e. The number of hydrogen-bond acceptors (Lipinski definition) is 2. The number of unbranched alkanes of at least 4 members (excludes halogenated alkanes) is 8. The van der Waals surface area contributed by atoms with Gasteiger partial charge < -0.3 is 5.11 Å². The van der Waals surface area contributed by atoms with E-state index >= 15 is 0 Å². The number of carbonyl (C=O) groups is 1. The fourth-order valence-corrected chi connectivity index (χ4v) is 4.93. The van der Waals surface area contributed by atoms with Crippen LogP contribution in [0.25, 0.3) is 0 Å². The molecule has 1 atom stereocenters. The van der Waals surface area contributed by atoms with Crippen molar-refractivity contribution in [3.05, 3.63) is 35.4 Å². The van der Waals surface area contributed by atoms with Crippen molar-refractivity contribution in [3.8, 4) is 0 Å². The Morgan fingerprint density at radius 2 is 1.50 bits per heavy atom. The van der Waals surface area contributed by atoms with Gasteiger partial charge in [-0.1, -0.05) is 89.5 Å². The molecule has 0 aliphatic heterocycles. The number of hydrogen-bond donors (Lipinski definition) is 1. The molecule has 0 saturated heterocycles. The zero-order valence-electron chi connectivity index (χ0n) is 18.3. The van der Waals surface area contributed by atoms with E-state index in [0.717, 1.165) is 19.3 Å². The average Bonchev–Trinajstić information content (AvgIpc) is 2.69. The van der Waals surface area contributed by atoms with Crippen molar-refractivity contribution in [3.63, 3.8) is 0 Å². The van der Waals surface area contributed by atoms with Gasteiger partial charge in [-0.25, -0.2) is 0 Å². The van der Waals surface area contributed by atoms with Gasteiger partial charge in [0.05, 0.1) is 0 Å². The van der Waals surface area contributed by atoms with Crippen LogP contribution in [0, 0.1) is 0 Å². The second kappa shape index (κ2) is 16.9. The molecular formula is C25H42O2S. The normalized spacial score (nSPS) is 12.2. The summed E-state index contributed by atoms with van der Waals surface area (Å²) in [5.41, 5.74) is 2.88. The minimum absolute atomic E-state index is 0.295. The van der Waals surface area contributed by atoms with Gasteiger partial charge in [-0.05, 0) is 49.0 Å². The summed E-state index contributed by atoms with van der Waals surface area (Å²) in [5, 5.41) is 9.34. The third-order valence-corrected chi connectivity index (χ3v) is 6.78. The molecular weight excluding hydrogens is 364 g/mol. The molecule has 0 saturated carbocycles. The Balaban J connectivity index is 2.41. The molecule has 0 amide bonds. The van der Waals surface area contributed by atoms with Crippen molar-refractivity contribution < 1.29 is 9.90 Å². The fourth-order valence-electron chi connectivity index (χ4n) is 3.51. The topological polar surface area (TPSA) is 37.3 Å². The summed E-state index contributed by atoms with van der Waals surface area (Å²) in [7, 11) is 0. The third kappa shape index (κ3) is 12.5. The van der Waals surface area contributed by atoms with E-state index in [1.807, 2.05) is 11.8 Å². The Hall–Kier alpha value is -0.960. The van der Waals surface area contributed by atoms with Crippen molar-refractivity contribution in [2.75, 3.05) is 5.75 Å². The molecule has 0 aromatic heterocycles. The number of rotatable bonds is 18. The molecule has 1 unspecified atom stereocenters. The molecule has 2 nitrogen and oxygen atoms in total. The van der Waals surface area contributed by atoms with E-state index in [1.54, 1.807) is 0 Å². The summed E-state index contributed by atoms with van der Waals surface area (Å²) in [5.74, 6) is 0.518. The molecule has 0 aliphatic rings. The van der Waals surface area contributed by atoms with Crippen molar-refractivity contribution in [2.45, 2.75) is 109 Å². The van der Waals surface area contributed by atoms with E-state index in [-0.39, 0.29) is 0 Å². The fraction of sp³-hybridized carbons (Fsp3) is 0.720. The van der Waals surface area contributed by atoms with E-state index in [1.165, 1.54) is 81.1 Å². The number of thioether (sulfide) groups is 1. The smallest absolute Gasteiger partial charge is 0.303 e. The maximum atomic E-state index is 10.7. The van der Waals surface area contributed by atoms with Gasteiger partial charge >= 0.3 is 5.97 Å². The van der Waals surface area contributed by atoms with Gasteiger partial charge in [0.25, 0.3) is 0 Å². The highest BCUT2D eigenvalue weighted by molar-refractivity contribution is 7.99. The second-order valence-corrected chi connectivity index (χ2v) is 9.28. The molecule has 0 aliphatic carbocycles. The second-order valence-electron chi connectivity index (χ2n) is 7.97. The van der Waals surface area contributed by atoms with Crippen molar-refractivity contribution >= 4 is 17.7 Å². The predicted octanol–water partition coefficient (Wildman–Crippen LogP) is 8.20. The zero-order chi connectivity index (χ0) is 20.5. The Kier molecular flexibility index (Phi) is 15.2. The Morgan fingerprint density at radius 1 is 0.857 bits per heavy atom. The molecule has 0 fully saturated rings. The monoisotopic (exact) mass is 406 g/mol. The lowest BCUT2D eigenvalue weighted by atomic mass is 10.0. The summed E-state index contributed by atoms with van der Waals surface area (Å²) < 4.78 is 0.